The monoisotopic (exact) mass is 240 g/mol. The molecule has 0 spiro atoms. The summed E-state index contributed by atoms with van der Waals surface area (Å²) in [7, 11) is 1.34. The molecule has 0 aliphatic heterocycles. The molecule has 0 bridgehead atoms. The maximum atomic E-state index is 11.4. The third-order valence-electron chi connectivity index (χ3n) is 1.70. The predicted octanol–water partition coefficient (Wildman–Crippen LogP) is -1.39. The smallest absolute Gasteiger partial charge is 0.312 e. The second-order valence-electron chi connectivity index (χ2n) is 3.72. The van der Waals surface area contributed by atoms with Gasteiger partial charge in [0, 0.05) is 13.1 Å². The summed E-state index contributed by atoms with van der Waals surface area (Å²) in [4.78, 5) is 34.9. The third kappa shape index (κ3) is 6.14. The van der Waals surface area contributed by atoms with Gasteiger partial charge in [-0.1, -0.05) is 0 Å². The van der Waals surface area contributed by atoms with E-state index in [1.54, 1.807) is 19.9 Å². The van der Waals surface area contributed by atoms with Gasteiger partial charge in [-0.25, -0.2) is 0 Å². The fourth-order valence-corrected chi connectivity index (χ4v) is 1.02. The second-order valence-corrected chi connectivity index (χ2v) is 3.72. The van der Waals surface area contributed by atoms with Crippen LogP contribution < -0.4 is 10.6 Å². The Bertz CT molecular complexity index is 346. The van der Waals surface area contributed by atoms with Gasteiger partial charge in [-0.05, 0) is 13.8 Å². The summed E-state index contributed by atoms with van der Waals surface area (Å²) in [5.74, 6) is -2.09. The van der Waals surface area contributed by atoms with Crippen LogP contribution in [-0.2, 0) is 14.4 Å². The first kappa shape index (κ1) is 14.9. The molecule has 17 heavy (non-hydrogen) atoms. The number of carbonyl (C=O) groups excluding carboxylic acids is 3. The second kappa shape index (κ2) is 7.22. The van der Waals surface area contributed by atoms with Crippen molar-refractivity contribution in [2.75, 3.05) is 20.1 Å². The summed E-state index contributed by atoms with van der Waals surface area (Å²) in [6.07, 6.45) is 0. The number of amides is 3. The molecule has 0 saturated carbocycles. The number of nitriles is 1. The first-order chi connectivity index (χ1) is 7.88. The van der Waals surface area contributed by atoms with Gasteiger partial charge in [-0.2, -0.15) is 5.26 Å². The Labute approximate surface area is 99.8 Å². The van der Waals surface area contributed by atoms with E-state index in [2.05, 4.69) is 10.6 Å². The SMILES string of the molecule is CC(C)NC(=O)CN(C)C(=O)C(=O)NCC#N. The van der Waals surface area contributed by atoms with Gasteiger partial charge in [0.15, 0.2) is 0 Å². The Morgan fingerprint density at radius 2 is 1.94 bits per heavy atom. The zero-order valence-electron chi connectivity index (χ0n) is 10.1. The molecule has 2 N–H and O–H groups in total. The van der Waals surface area contributed by atoms with Crippen molar-refractivity contribution < 1.29 is 14.4 Å². The average Bonchev–Trinajstić information content (AvgIpc) is 2.23. The molecule has 0 aromatic heterocycles. The van der Waals surface area contributed by atoms with Gasteiger partial charge in [0.2, 0.25) is 5.91 Å². The maximum Gasteiger partial charge on any atom is 0.312 e. The predicted molar refractivity (Wildman–Crippen MR) is 59.5 cm³/mol. The fourth-order valence-electron chi connectivity index (χ4n) is 1.02. The van der Waals surface area contributed by atoms with E-state index in [1.807, 2.05) is 0 Å². The highest BCUT2D eigenvalue weighted by Gasteiger charge is 2.20. The van der Waals surface area contributed by atoms with Gasteiger partial charge in [0.05, 0.1) is 12.6 Å². The summed E-state index contributed by atoms with van der Waals surface area (Å²) in [6, 6.07) is 1.65. The number of hydrogen-bond donors (Lipinski definition) is 2. The van der Waals surface area contributed by atoms with Crippen molar-refractivity contribution in [3.8, 4) is 6.07 Å². The van der Waals surface area contributed by atoms with E-state index in [9.17, 15) is 14.4 Å². The minimum absolute atomic E-state index is 0.0292. The highest BCUT2D eigenvalue weighted by Crippen LogP contribution is 1.87. The molecule has 7 nitrogen and oxygen atoms in total. The Morgan fingerprint density at radius 1 is 1.35 bits per heavy atom. The van der Waals surface area contributed by atoms with Crippen molar-refractivity contribution in [1.82, 2.24) is 15.5 Å². The van der Waals surface area contributed by atoms with Gasteiger partial charge >= 0.3 is 11.8 Å². The molecule has 0 heterocycles. The molecule has 0 aromatic rings. The fraction of sp³-hybridized carbons (Fsp3) is 0.600. The van der Waals surface area contributed by atoms with Gasteiger partial charge in [-0.15, -0.1) is 0 Å². The van der Waals surface area contributed by atoms with E-state index < -0.39 is 11.8 Å². The van der Waals surface area contributed by atoms with Crippen LogP contribution in [0.4, 0.5) is 0 Å². The van der Waals surface area contributed by atoms with Crippen LogP contribution in [0.2, 0.25) is 0 Å². The molecular formula is C10H16N4O3. The number of carbonyl (C=O) groups is 3. The molecule has 0 radical (unpaired) electrons. The standard InChI is InChI=1S/C10H16N4O3/c1-7(2)13-8(15)6-14(3)10(17)9(16)12-5-4-11/h7H,5-6H2,1-3H3,(H,12,16)(H,13,15). The van der Waals surface area contributed by atoms with Crippen molar-refractivity contribution in [1.29, 1.82) is 5.26 Å². The van der Waals surface area contributed by atoms with Crippen molar-refractivity contribution in [3.63, 3.8) is 0 Å². The topological polar surface area (TPSA) is 102 Å². The van der Waals surface area contributed by atoms with Gasteiger partial charge in [-0.3, -0.25) is 14.4 Å². The minimum atomic E-state index is -0.897. The lowest BCUT2D eigenvalue weighted by atomic mass is 10.3. The van der Waals surface area contributed by atoms with Crippen molar-refractivity contribution in [3.05, 3.63) is 0 Å². The van der Waals surface area contributed by atoms with Crippen LogP contribution in [0.5, 0.6) is 0 Å². The van der Waals surface area contributed by atoms with Crippen LogP contribution in [0, 0.1) is 11.3 Å². The Kier molecular flexibility index (Phi) is 6.33. The van der Waals surface area contributed by atoms with Crippen molar-refractivity contribution >= 4 is 17.7 Å². The normalized spacial score (nSPS) is 9.35. The summed E-state index contributed by atoms with van der Waals surface area (Å²) in [6.45, 7) is 3.15. The lowest BCUT2D eigenvalue weighted by Crippen LogP contribution is -2.46. The summed E-state index contributed by atoms with van der Waals surface area (Å²) in [5.41, 5.74) is 0. The van der Waals surface area contributed by atoms with E-state index in [4.69, 9.17) is 5.26 Å². The number of hydrogen-bond acceptors (Lipinski definition) is 4. The zero-order valence-corrected chi connectivity index (χ0v) is 10.1. The Balaban J connectivity index is 4.18. The number of nitrogens with zero attached hydrogens (tertiary/aromatic N) is 2. The molecular weight excluding hydrogens is 224 g/mol. The quantitative estimate of drug-likeness (QED) is 0.466. The Hall–Kier alpha value is -2.10. The van der Waals surface area contributed by atoms with E-state index in [-0.39, 0.29) is 25.0 Å². The van der Waals surface area contributed by atoms with Crippen LogP contribution in [0.1, 0.15) is 13.8 Å². The van der Waals surface area contributed by atoms with Crippen molar-refractivity contribution in [2.45, 2.75) is 19.9 Å². The molecule has 7 heteroatoms. The summed E-state index contributed by atoms with van der Waals surface area (Å²) >= 11 is 0. The number of rotatable bonds is 4. The number of likely N-dealkylation sites (N-methyl/N-ethyl adjacent to an activating group) is 1. The molecule has 0 aliphatic carbocycles. The minimum Gasteiger partial charge on any atom is -0.352 e. The first-order valence-electron chi connectivity index (χ1n) is 5.08. The van der Waals surface area contributed by atoms with Crippen LogP contribution >= 0.6 is 0 Å². The Morgan fingerprint density at radius 3 is 2.41 bits per heavy atom. The molecule has 94 valence electrons. The highest BCUT2D eigenvalue weighted by atomic mass is 16.2. The molecule has 0 fully saturated rings. The van der Waals surface area contributed by atoms with E-state index in [0.717, 1.165) is 4.90 Å². The lowest BCUT2D eigenvalue weighted by Gasteiger charge is -2.16. The highest BCUT2D eigenvalue weighted by molar-refractivity contribution is 6.35. The molecule has 0 aromatic carbocycles. The molecule has 3 amide bonds. The van der Waals surface area contributed by atoms with Gasteiger partial charge < -0.3 is 15.5 Å². The molecule has 0 atom stereocenters. The summed E-state index contributed by atoms with van der Waals surface area (Å²) in [5, 5.41) is 12.9. The zero-order chi connectivity index (χ0) is 13.4. The molecule has 0 unspecified atom stereocenters. The molecule has 0 aliphatic rings. The maximum absolute atomic E-state index is 11.4. The van der Waals surface area contributed by atoms with Crippen molar-refractivity contribution in [2.24, 2.45) is 0 Å². The van der Waals surface area contributed by atoms with E-state index in [0.29, 0.717) is 0 Å². The third-order valence-corrected chi connectivity index (χ3v) is 1.70. The largest absolute Gasteiger partial charge is 0.352 e. The van der Waals surface area contributed by atoms with Crippen LogP contribution in [0.3, 0.4) is 0 Å². The first-order valence-corrected chi connectivity index (χ1v) is 5.08. The molecule has 0 rings (SSSR count). The molecule has 0 saturated heterocycles. The summed E-state index contributed by atoms with van der Waals surface area (Å²) < 4.78 is 0. The average molecular weight is 240 g/mol. The van der Waals surface area contributed by atoms with Crippen LogP contribution in [0.15, 0.2) is 0 Å². The number of nitrogens with one attached hydrogen (secondary N) is 2. The lowest BCUT2D eigenvalue weighted by molar-refractivity contribution is -0.146. The van der Waals surface area contributed by atoms with E-state index >= 15 is 0 Å². The van der Waals surface area contributed by atoms with Crippen LogP contribution in [-0.4, -0.2) is 48.8 Å². The van der Waals surface area contributed by atoms with Gasteiger partial charge in [0.1, 0.15) is 6.54 Å². The van der Waals surface area contributed by atoms with Gasteiger partial charge in [0.25, 0.3) is 0 Å². The van der Waals surface area contributed by atoms with Crippen LogP contribution in [0.25, 0.3) is 0 Å². The van der Waals surface area contributed by atoms with E-state index in [1.165, 1.54) is 7.05 Å².